The minimum absolute atomic E-state index is 0.224. The Kier molecular flexibility index (Phi) is 4.55. The zero-order valence-electron chi connectivity index (χ0n) is 10.3. The quantitative estimate of drug-likeness (QED) is 0.760. The number of piperazine rings is 1. The molecule has 1 aliphatic rings. The summed E-state index contributed by atoms with van der Waals surface area (Å²) in [6, 6.07) is 9.44. The Labute approximate surface area is 107 Å². The van der Waals surface area contributed by atoms with Gasteiger partial charge in [-0.25, -0.2) is 0 Å². The lowest BCUT2D eigenvalue weighted by Gasteiger charge is -2.33. The van der Waals surface area contributed by atoms with E-state index < -0.39 is 0 Å². The number of nitrogens with one attached hydrogen (secondary N) is 1. The normalized spacial score (nSPS) is 20.6. The number of primary amides is 1. The van der Waals surface area contributed by atoms with Crippen LogP contribution in [-0.2, 0) is 4.79 Å². The van der Waals surface area contributed by atoms with Crippen LogP contribution < -0.4 is 15.8 Å². The molecule has 3 N–H and O–H groups in total. The zero-order chi connectivity index (χ0) is 12.8. The van der Waals surface area contributed by atoms with E-state index in [0.717, 1.165) is 18.8 Å². The van der Waals surface area contributed by atoms with Crippen molar-refractivity contribution in [3.05, 3.63) is 30.3 Å². The molecule has 0 radical (unpaired) electrons. The highest BCUT2D eigenvalue weighted by Crippen LogP contribution is 2.09. The van der Waals surface area contributed by atoms with Crippen LogP contribution in [0.3, 0.4) is 0 Å². The molecule has 1 heterocycles. The molecular weight excluding hydrogens is 230 g/mol. The minimum atomic E-state index is -0.276. The lowest BCUT2D eigenvalue weighted by Crippen LogP contribution is -2.57. The molecule has 1 aromatic carbocycles. The Hall–Kier alpha value is -1.59. The van der Waals surface area contributed by atoms with Crippen LogP contribution >= 0.6 is 0 Å². The molecule has 0 aromatic heterocycles. The summed E-state index contributed by atoms with van der Waals surface area (Å²) in [6.07, 6.45) is 0. The third-order valence-corrected chi connectivity index (χ3v) is 3.07. The number of benzene rings is 1. The second-order valence-electron chi connectivity index (χ2n) is 4.32. The van der Waals surface area contributed by atoms with Crippen molar-refractivity contribution in [2.75, 3.05) is 32.8 Å². The van der Waals surface area contributed by atoms with Gasteiger partial charge in [-0.3, -0.25) is 9.69 Å². The summed E-state index contributed by atoms with van der Waals surface area (Å²) >= 11 is 0. The standard InChI is InChI=1S/C13H19N3O2/c14-13(17)12-10-15-6-7-16(12)8-9-18-11-4-2-1-3-5-11/h1-5,12,15H,6-10H2,(H2,14,17). The summed E-state index contributed by atoms with van der Waals surface area (Å²) in [5.74, 6) is 0.574. The predicted molar refractivity (Wildman–Crippen MR) is 69.4 cm³/mol. The first-order valence-electron chi connectivity index (χ1n) is 6.19. The molecular formula is C13H19N3O2. The highest BCUT2D eigenvalue weighted by molar-refractivity contribution is 5.80. The van der Waals surface area contributed by atoms with Gasteiger partial charge < -0.3 is 15.8 Å². The molecule has 18 heavy (non-hydrogen) atoms. The van der Waals surface area contributed by atoms with Gasteiger partial charge in [0.15, 0.2) is 0 Å². The number of hydrogen-bond donors (Lipinski definition) is 2. The van der Waals surface area contributed by atoms with Crippen molar-refractivity contribution in [2.24, 2.45) is 5.73 Å². The van der Waals surface area contributed by atoms with Crippen molar-refractivity contribution in [3.63, 3.8) is 0 Å². The van der Waals surface area contributed by atoms with E-state index in [0.29, 0.717) is 19.7 Å². The summed E-state index contributed by atoms with van der Waals surface area (Å²) in [7, 11) is 0. The first-order chi connectivity index (χ1) is 8.77. The van der Waals surface area contributed by atoms with Gasteiger partial charge in [-0.15, -0.1) is 0 Å². The highest BCUT2D eigenvalue weighted by Gasteiger charge is 2.26. The molecule has 5 heteroatoms. The molecule has 1 atom stereocenters. The van der Waals surface area contributed by atoms with Crippen LogP contribution in [-0.4, -0.2) is 49.6 Å². The zero-order valence-corrected chi connectivity index (χ0v) is 10.3. The fourth-order valence-corrected chi connectivity index (χ4v) is 2.09. The maximum atomic E-state index is 11.3. The third-order valence-electron chi connectivity index (χ3n) is 3.07. The smallest absolute Gasteiger partial charge is 0.236 e. The molecule has 1 fully saturated rings. The molecule has 0 spiro atoms. The molecule has 1 unspecified atom stereocenters. The average molecular weight is 249 g/mol. The lowest BCUT2D eigenvalue weighted by atomic mass is 10.2. The van der Waals surface area contributed by atoms with Crippen molar-refractivity contribution >= 4 is 5.91 Å². The number of ether oxygens (including phenoxy) is 1. The lowest BCUT2D eigenvalue weighted by molar-refractivity contribution is -0.123. The summed E-state index contributed by atoms with van der Waals surface area (Å²) in [5, 5.41) is 3.17. The van der Waals surface area contributed by atoms with E-state index >= 15 is 0 Å². The van der Waals surface area contributed by atoms with Gasteiger partial charge in [-0.05, 0) is 12.1 Å². The molecule has 5 nitrogen and oxygen atoms in total. The van der Waals surface area contributed by atoms with Gasteiger partial charge >= 0.3 is 0 Å². The van der Waals surface area contributed by atoms with E-state index in [1.54, 1.807) is 0 Å². The molecule has 1 aliphatic heterocycles. The van der Waals surface area contributed by atoms with Gasteiger partial charge in [0.1, 0.15) is 18.4 Å². The van der Waals surface area contributed by atoms with Gasteiger partial charge in [0.05, 0.1) is 0 Å². The van der Waals surface area contributed by atoms with Crippen LogP contribution in [0.1, 0.15) is 0 Å². The Morgan fingerprint density at radius 2 is 2.22 bits per heavy atom. The van der Waals surface area contributed by atoms with Crippen molar-refractivity contribution in [1.82, 2.24) is 10.2 Å². The van der Waals surface area contributed by atoms with E-state index in [9.17, 15) is 4.79 Å². The Balaban J connectivity index is 1.79. The molecule has 98 valence electrons. The van der Waals surface area contributed by atoms with E-state index in [1.807, 2.05) is 30.3 Å². The van der Waals surface area contributed by atoms with Crippen LogP contribution in [0.25, 0.3) is 0 Å². The largest absolute Gasteiger partial charge is 0.492 e. The number of rotatable bonds is 5. The Morgan fingerprint density at radius 1 is 1.44 bits per heavy atom. The third kappa shape index (κ3) is 3.45. The highest BCUT2D eigenvalue weighted by atomic mass is 16.5. The molecule has 0 saturated carbocycles. The van der Waals surface area contributed by atoms with Gasteiger partial charge in [0.25, 0.3) is 0 Å². The van der Waals surface area contributed by atoms with Gasteiger partial charge in [0.2, 0.25) is 5.91 Å². The number of nitrogens with two attached hydrogens (primary N) is 1. The molecule has 1 saturated heterocycles. The summed E-state index contributed by atoms with van der Waals surface area (Å²) < 4.78 is 5.62. The molecule has 1 aromatic rings. The van der Waals surface area contributed by atoms with Crippen molar-refractivity contribution in [3.8, 4) is 5.75 Å². The second kappa shape index (κ2) is 6.37. The maximum Gasteiger partial charge on any atom is 0.236 e. The van der Waals surface area contributed by atoms with Crippen LogP contribution in [0.2, 0.25) is 0 Å². The Bertz CT molecular complexity index is 383. The summed E-state index contributed by atoms with van der Waals surface area (Å²) in [4.78, 5) is 13.4. The molecule has 0 bridgehead atoms. The molecule has 0 aliphatic carbocycles. The minimum Gasteiger partial charge on any atom is -0.492 e. The van der Waals surface area contributed by atoms with Gasteiger partial charge in [-0.1, -0.05) is 18.2 Å². The van der Waals surface area contributed by atoms with Crippen LogP contribution in [0.15, 0.2) is 30.3 Å². The number of carbonyl (C=O) groups is 1. The van der Waals surface area contributed by atoms with Crippen molar-refractivity contribution in [1.29, 1.82) is 0 Å². The predicted octanol–water partition coefficient (Wildman–Crippen LogP) is -0.175. The van der Waals surface area contributed by atoms with E-state index in [4.69, 9.17) is 10.5 Å². The van der Waals surface area contributed by atoms with Crippen molar-refractivity contribution in [2.45, 2.75) is 6.04 Å². The molecule has 2 rings (SSSR count). The second-order valence-corrected chi connectivity index (χ2v) is 4.32. The van der Waals surface area contributed by atoms with Gasteiger partial charge in [0, 0.05) is 26.2 Å². The summed E-state index contributed by atoms with van der Waals surface area (Å²) in [5.41, 5.74) is 5.38. The van der Waals surface area contributed by atoms with Crippen molar-refractivity contribution < 1.29 is 9.53 Å². The number of amides is 1. The average Bonchev–Trinajstić information content (AvgIpc) is 2.40. The number of carbonyl (C=O) groups excluding carboxylic acids is 1. The number of nitrogens with zero attached hydrogens (tertiary/aromatic N) is 1. The Morgan fingerprint density at radius 3 is 2.94 bits per heavy atom. The summed E-state index contributed by atoms with van der Waals surface area (Å²) in [6.45, 7) is 3.61. The number of hydrogen-bond acceptors (Lipinski definition) is 4. The first kappa shape index (κ1) is 12.9. The van der Waals surface area contributed by atoms with Gasteiger partial charge in [-0.2, -0.15) is 0 Å². The first-order valence-corrected chi connectivity index (χ1v) is 6.19. The topological polar surface area (TPSA) is 67.6 Å². The van der Waals surface area contributed by atoms with E-state index in [2.05, 4.69) is 10.2 Å². The van der Waals surface area contributed by atoms with E-state index in [-0.39, 0.29) is 11.9 Å². The van der Waals surface area contributed by atoms with E-state index in [1.165, 1.54) is 0 Å². The number of para-hydroxylation sites is 1. The van der Waals surface area contributed by atoms with Crippen LogP contribution in [0.4, 0.5) is 0 Å². The fraction of sp³-hybridized carbons (Fsp3) is 0.462. The monoisotopic (exact) mass is 249 g/mol. The fourth-order valence-electron chi connectivity index (χ4n) is 2.09. The maximum absolute atomic E-state index is 11.3. The van der Waals surface area contributed by atoms with Crippen LogP contribution in [0, 0.1) is 0 Å². The SMILES string of the molecule is NC(=O)C1CNCCN1CCOc1ccccc1. The molecule has 1 amide bonds. The van der Waals surface area contributed by atoms with Crippen LogP contribution in [0.5, 0.6) is 5.75 Å².